The lowest BCUT2D eigenvalue weighted by Gasteiger charge is -2.14. The SMILES string of the molecule is Cc1ccc(CNC(=O)CCC(=O)N[C@H](C)CCc2ccccc2)o1. The second-order valence-corrected chi connectivity index (χ2v) is 6.28. The van der Waals surface area contributed by atoms with Crippen LogP contribution in [0.4, 0.5) is 0 Å². The number of carbonyl (C=O) groups excluding carboxylic acids is 2. The lowest BCUT2D eigenvalue weighted by molar-refractivity contribution is -0.126. The fraction of sp³-hybridized carbons (Fsp3) is 0.400. The number of furan rings is 1. The smallest absolute Gasteiger partial charge is 0.220 e. The molecule has 0 saturated carbocycles. The van der Waals surface area contributed by atoms with Crippen LogP contribution in [0.15, 0.2) is 46.9 Å². The Balaban J connectivity index is 1.60. The van der Waals surface area contributed by atoms with Gasteiger partial charge in [0.15, 0.2) is 0 Å². The first-order valence-electron chi connectivity index (χ1n) is 8.68. The molecule has 0 unspecified atom stereocenters. The van der Waals surface area contributed by atoms with Gasteiger partial charge < -0.3 is 15.1 Å². The summed E-state index contributed by atoms with van der Waals surface area (Å²) in [5.41, 5.74) is 1.26. The van der Waals surface area contributed by atoms with Crippen molar-refractivity contribution in [2.45, 2.75) is 52.1 Å². The summed E-state index contributed by atoms with van der Waals surface area (Å²) in [6.45, 7) is 4.19. The summed E-state index contributed by atoms with van der Waals surface area (Å²) in [5.74, 6) is 1.28. The first kappa shape index (κ1) is 18.8. The molecule has 1 heterocycles. The molecule has 0 aliphatic carbocycles. The van der Waals surface area contributed by atoms with Crippen molar-refractivity contribution in [2.24, 2.45) is 0 Å². The van der Waals surface area contributed by atoms with Gasteiger partial charge in [0, 0.05) is 18.9 Å². The summed E-state index contributed by atoms with van der Waals surface area (Å²) in [6, 6.07) is 14.0. The van der Waals surface area contributed by atoms with Gasteiger partial charge >= 0.3 is 0 Å². The maximum absolute atomic E-state index is 11.9. The molecule has 134 valence electrons. The van der Waals surface area contributed by atoms with Crippen molar-refractivity contribution in [2.75, 3.05) is 0 Å². The predicted molar refractivity (Wildman–Crippen MR) is 96.9 cm³/mol. The third kappa shape index (κ3) is 7.25. The second kappa shape index (κ2) is 9.67. The number of benzene rings is 1. The Hall–Kier alpha value is -2.56. The lowest BCUT2D eigenvalue weighted by atomic mass is 10.1. The molecule has 2 rings (SSSR count). The molecule has 2 amide bonds. The van der Waals surface area contributed by atoms with Crippen LogP contribution in [-0.2, 0) is 22.6 Å². The number of carbonyl (C=O) groups is 2. The summed E-state index contributed by atoms with van der Waals surface area (Å²) in [5, 5.41) is 5.70. The van der Waals surface area contributed by atoms with Gasteiger partial charge in [0.1, 0.15) is 11.5 Å². The van der Waals surface area contributed by atoms with E-state index >= 15 is 0 Å². The van der Waals surface area contributed by atoms with Crippen LogP contribution in [0.1, 0.15) is 43.3 Å². The van der Waals surface area contributed by atoms with E-state index in [1.165, 1.54) is 5.56 Å². The van der Waals surface area contributed by atoms with Crippen molar-refractivity contribution in [3.8, 4) is 0 Å². The van der Waals surface area contributed by atoms with Crippen LogP contribution in [0.2, 0.25) is 0 Å². The maximum Gasteiger partial charge on any atom is 0.220 e. The van der Waals surface area contributed by atoms with E-state index in [1.807, 2.05) is 44.2 Å². The Labute approximate surface area is 148 Å². The highest BCUT2D eigenvalue weighted by Gasteiger charge is 2.10. The second-order valence-electron chi connectivity index (χ2n) is 6.28. The number of hydrogen-bond donors (Lipinski definition) is 2. The van der Waals surface area contributed by atoms with Crippen LogP contribution in [0.5, 0.6) is 0 Å². The molecule has 25 heavy (non-hydrogen) atoms. The van der Waals surface area contributed by atoms with E-state index in [2.05, 4.69) is 22.8 Å². The quantitative estimate of drug-likeness (QED) is 0.735. The first-order valence-corrected chi connectivity index (χ1v) is 8.68. The van der Waals surface area contributed by atoms with Gasteiger partial charge in [-0.2, -0.15) is 0 Å². The van der Waals surface area contributed by atoms with E-state index in [9.17, 15) is 9.59 Å². The van der Waals surface area contributed by atoms with E-state index in [0.29, 0.717) is 12.3 Å². The van der Waals surface area contributed by atoms with Gasteiger partial charge in [0.25, 0.3) is 0 Å². The first-order chi connectivity index (χ1) is 12.0. The van der Waals surface area contributed by atoms with Gasteiger partial charge in [-0.15, -0.1) is 0 Å². The number of hydrogen-bond acceptors (Lipinski definition) is 3. The molecule has 0 saturated heterocycles. The van der Waals surface area contributed by atoms with Gasteiger partial charge in [-0.25, -0.2) is 0 Å². The summed E-state index contributed by atoms with van der Waals surface area (Å²) < 4.78 is 5.38. The third-order valence-electron chi connectivity index (χ3n) is 3.95. The topological polar surface area (TPSA) is 71.3 Å². The van der Waals surface area contributed by atoms with E-state index < -0.39 is 0 Å². The molecule has 0 spiro atoms. The molecule has 0 fully saturated rings. The molecular formula is C20H26N2O3. The molecule has 2 N–H and O–H groups in total. The van der Waals surface area contributed by atoms with Gasteiger partial charge in [0.05, 0.1) is 6.54 Å². The number of nitrogens with one attached hydrogen (secondary N) is 2. The van der Waals surface area contributed by atoms with Crippen LogP contribution < -0.4 is 10.6 Å². The molecule has 1 aromatic carbocycles. The monoisotopic (exact) mass is 342 g/mol. The van der Waals surface area contributed by atoms with Crippen molar-refractivity contribution in [3.05, 3.63) is 59.5 Å². The minimum absolute atomic E-state index is 0.0851. The molecule has 2 aromatic rings. The van der Waals surface area contributed by atoms with Crippen LogP contribution in [0.25, 0.3) is 0 Å². The molecule has 0 aliphatic heterocycles. The van der Waals surface area contributed by atoms with Crippen LogP contribution in [-0.4, -0.2) is 17.9 Å². The molecule has 5 heteroatoms. The van der Waals surface area contributed by atoms with Gasteiger partial charge in [0.2, 0.25) is 11.8 Å². The largest absolute Gasteiger partial charge is 0.465 e. The van der Waals surface area contributed by atoms with Gasteiger partial charge in [-0.05, 0) is 44.4 Å². The minimum atomic E-state index is -0.152. The Morgan fingerprint density at radius 1 is 1.04 bits per heavy atom. The zero-order valence-corrected chi connectivity index (χ0v) is 14.9. The molecule has 1 atom stereocenters. The van der Waals surface area contributed by atoms with E-state index in [1.54, 1.807) is 0 Å². The van der Waals surface area contributed by atoms with E-state index in [4.69, 9.17) is 4.42 Å². The van der Waals surface area contributed by atoms with Crippen molar-refractivity contribution in [3.63, 3.8) is 0 Å². The minimum Gasteiger partial charge on any atom is -0.465 e. The third-order valence-corrected chi connectivity index (χ3v) is 3.95. The number of rotatable bonds is 9. The maximum atomic E-state index is 11.9. The summed E-state index contributed by atoms with van der Waals surface area (Å²) in [4.78, 5) is 23.7. The molecule has 5 nitrogen and oxygen atoms in total. The summed E-state index contributed by atoms with van der Waals surface area (Å²) in [6.07, 6.45) is 2.17. The molecule has 1 aromatic heterocycles. The molecular weight excluding hydrogens is 316 g/mol. The van der Waals surface area contributed by atoms with Gasteiger partial charge in [-0.3, -0.25) is 9.59 Å². The standard InChI is InChI=1S/C20H26N2O3/c1-15(8-10-17-6-4-3-5-7-17)22-20(24)13-12-19(23)21-14-18-11-9-16(2)25-18/h3-7,9,11,15H,8,10,12-14H2,1-2H3,(H,21,23)(H,22,24)/t15-/m1/s1. The van der Waals surface area contributed by atoms with E-state index in [-0.39, 0.29) is 30.7 Å². The Bertz CT molecular complexity index is 679. The highest BCUT2D eigenvalue weighted by atomic mass is 16.3. The molecule has 0 aliphatic rings. The zero-order chi connectivity index (χ0) is 18.1. The highest BCUT2D eigenvalue weighted by molar-refractivity contribution is 5.83. The number of amides is 2. The summed E-state index contributed by atoms with van der Waals surface area (Å²) >= 11 is 0. The predicted octanol–water partition coefficient (Wildman–Crippen LogP) is 3.12. The fourth-order valence-corrected chi connectivity index (χ4v) is 2.53. The normalized spacial score (nSPS) is 11.8. The Kier molecular flexibility index (Phi) is 7.26. The average molecular weight is 342 g/mol. The summed E-state index contributed by atoms with van der Waals surface area (Å²) in [7, 11) is 0. The lowest BCUT2D eigenvalue weighted by Crippen LogP contribution is -2.34. The average Bonchev–Trinajstić information content (AvgIpc) is 3.02. The van der Waals surface area contributed by atoms with Crippen LogP contribution in [0.3, 0.4) is 0 Å². The number of aryl methyl sites for hydroxylation is 2. The van der Waals surface area contributed by atoms with Crippen molar-refractivity contribution in [1.82, 2.24) is 10.6 Å². The Morgan fingerprint density at radius 3 is 2.44 bits per heavy atom. The zero-order valence-electron chi connectivity index (χ0n) is 14.9. The Morgan fingerprint density at radius 2 is 1.76 bits per heavy atom. The van der Waals surface area contributed by atoms with E-state index in [0.717, 1.165) is 18.6 Å². The highest BCUT2D eigenvalue weighted by Crippen LogP contribution is 2.06. The van der Waals surface area contributed by atoms with Crippen LogP contribution >= 0.6 is 0 Å². The van der Waals surface area contributed by atoms with Gasteiger partial charge in [-0.1, -0.05) is 30.3 Å². The van der Waals surface area contributed by atoms with Crippen molar-refractivity contribution >= 4 is 11.8 Å². The van der Waals surface area contributed by atoms with Crippen molar-refractivity contribution < 1.29 is 14.0 Å². The van der Waals surface area contributed by atoms with Crippen LogP contribution in [0, 0.1) is 6.92 Å². The molecule has 0 bridgehead atoms. The van der Waals surface area contributed by atoms with Crippen molar-refractivity contribution in [1.29, 1.82) is 0 Å². The fourth-order valence-electron chi connectivity index (χ4n) is 2.53. The molecule has 0 radical (unpaired) electrons.